The molecule has 0 saturated heterocycles. The number of rotatable bonds is 4. The zero-order valence-electron chi connectivity index (χ0n) is 9.29. The molecular formula is C12H11FN2O2. The molecule has 0 spiro atoms. The number of nitrogens with zero attached hydrogens (tertiary/aromatic N) is 1. The van der Waals surface area contributed by atoms with E-state index >= 15 is 0 Å². The van der Waals surface area contributed by atoms with E-state index in [4.69, 9.17) is 5.26 Å². The first-order chi connectivity index (χ1) is 8.02. The Labute approximate surface area is 98.1 Å². The van der Waals surface area contributed by atoms with Crippen molar-refractivity contribution < 1.29 is 14.0 Å². The summed E-state index contributed by atoms with van der Waals surface area (Å²) in [6, 6.07) is 5.56. The third kappa shape index (κ3) is 4.03. The van der Waals surface area contributed by atoms with Crippen molar-refractivity contribution in [2.75, 3.05) is 5.32 Å². The molecule has 0 heterocycles. The molecule has 88 valence electrons. The number of anilines is 1. The minimum atomic E-state index is -0.666. The van der Waals surface area contributed by atoms with Gasteiger partial charge in [0.15, 0.2) is 0 Å². The second-order valence-electron chi connectivity index (χ2n) is 3.56. The molecular weight excluding hydrogens is 223 g/mol. The molecule has 0 aromatic heterocycles. The largest absolute Gasteiger partial charge is 0.324 e. The van der Waals surface area contributed by atoms with E-state index in [1.54, 1.807) is 6.07 Å². The van der Waals surface area contributed by atoms with Crippen LogP contribution in [0.15, 0.2) is 18.2 Å². The lowest BCUT2D eigenvalue weighted by Gasteiger charge is -2.05. The van der Waals surface area contributed by atoms with Crippen LogP contribution in [0.2, 0.25) is 0 Å². The topological polar surface area (TPSA) is 70.0 Å². The summed E-state index contributed by atoms with van der Waals surface area (Å²) >= 11 is 0. The minimum absolute atomic E-state index is 0.0116. The van der Waals surface area contributed by atoms with Gasteiger partial charge in [0.2, 0.25) is 5.91 Å². The molecule has 5 heteroatoms. The van der Waals surface area contributed by atoms with Crippen LogP contribution in [0.25, 0.3) is 0 Å². The van der Waals surface area contributed by atoms with E-state index in [0.29, 0.717) is 0 Å². The first-order valence-corrected chi connectivity index (χ1v) is 5.02. The van der Waals surface area contributed by atoms with Crippen LogP contribution in [0.5, 0.6) is 0 Å². The average Bonchev–Trinajstić information content (AvgIpc) is 2.29. The summed E-state index contributed by atoms with van der Waals surface area (Å²) in [7, 11) is 0. The Morgan fingerprint density at radius 3 is 2.65 bits per heavy atom. The van der Waals surface area contributed by atoms with E-state index in [2.05, 4.69) is 5.32 Å². The van der Waals surface area contributed by atoms with Gasteiger partial charge in [-0.1, -0.05) is 0 Å². The Hall–Kier alpha value is -2.22. The molecule has 0 unspecified atom stereocenters. The number of nitrogens with one attached hydrogen (secondary N) is 1. The molecule has 1 amide bonds. The lowest BCUT2D eigenvalue weighted by Crippen LogP contribution is -2.13. The summed E-state index contributed by atoms with van der Waals surface area (Å²) in [5, 5.41) is 10.9. The zero-order chi connectivity index (χ0) is 12.8. The number of ketones is 1. The summed E-state index contributed by atoms with van der Waals surface area (Å²) in [4.78, 5) is 22.0. The second kappa shape index (κ2) is 5.75. The molecule has 0 atom stereocenters. The summed E-state index contributed by atoms with van der Waals surface area (Å²) in [5.74, 6) is -1.19. The van der Waals surface area contributed by atoms with Crippen molar-refractivity contribution in [1.29, 1.82) is 5.26 Å². The van der Waals surface area contributed by atoms with Crippen LogP contribution in [0.1, 0.15) is 25.3 Å². The Morgan fingerprint density at radius 1 is 1.41 bits per heavy atom. The van der Waals surface area contributed by atoms with Crippen molar-refractivity contribution >= 4 is 17.4 Å². The quantitative estimate of drug-likeness (QED) is 0.866. The van der Waals surface area contributed by atoms with Crippen molar-refractivity contribution in [2.24, 2.45) is 0 Å². The van der Waals surface area contributed by atoms with E-state index in [0.717, 1.165) is 6.07 Å². The Morgan fingerprint density at radius 2 is 2.12 bits per heavy atom. The molecule has 17 heavy (non-hydrogen) atoms. The highest BCUT2D eigenvalue weighted by Crippen LogP contribution is 2.15. The van der Waals surface area contributed by atoms with Gasteiger partial charge in [0.05, 0.1) is 17.3 Å². The van der Waals surface area contributed by atoms with E-state index in [-0.39, 0.29) is 29.9 Å². The maximum Gasteiger partial charge on any atom is 0.224 e. The summed E-state index contributed by atoms with van der Waals surface area (Å²) < 4.78 is 13.4. The lowest BCUT2D eigenvalue weighted by atomic mass is 10.2. The fraction of sp³-hybridized carbons (Fsp3) is 0.250. The number of Topliss-reactive ketones (excluding diaryl/α,β-unsaturated/α-hetero) is 1. The number of carbonyl (C=O) groups excluding carboxylic acids is 2. The normalized spacial score (nSPS) is 9.47. The number of nitriles is 1. The van der Waals surface area contributed by atoms with Crippen molar-refractivity contribution in [3.8, 4) is 6.07 Å². The molecule has 0 aliphatic rings. The molecule has 1 aromatic rings. The standard InChI is InChI=1S/C12H11FN2O2/c1-8(16)2-5-12(17)15-11-4-3-9(7-14)6-10(11)13/h3-4,6H,2,5H2,1H3,(H,15,17). The van der Waals surface area contributed by atoms with Crippen LogP contribution < -0.4 is 5.32 Å². The lowest BCUT2D eigenvalue weighted by molar-refractivity contribution is -0.121. The number of amides is 1. The average molecular weight is 234 g/mol. The first kappa shape index (κ1) is 12.8. The van der Waals surface area contributed by atoms with Gasteiger partial charge in [0, 0.05) is 12.8 Å². The van der Waals surface area contributed by atoms with Crippen LogP contribution in [0.3, 0.4) is 0 Å². The predicted molar refractivity (Wildman–Crippen MR) is 59.7 cm³/mol. The fourth-order valence-electron chi connectivity index (χ4n) is 1.19. The smallest absolute Gasteiger partial charge is 0.224 e. The van der Waals surface area contributed by atoms with Gasteiger partial charge in [0.25, 0.3) is 0 Å². The SMILES string of the molecule is CC(=O)CCC(=O)Nc1ccc(C#N)cc1F. The molecule has 1 rings (SSSR count). The highest BCUT2D eigenvalue weighted by molar-refractivity contribution is 5.93. The Kier molecular flexibility index (Phi) is 4.35. The van der Waals surface area contributed by atoms with Crippen LogP contribution in [0, 0.1) is 17.1 Å². The van der Waals surface area contributed by atoms with Gasteiger partial charge in [-0.25, -0.2) is 4.39 Å². The maximum atomic E-state index is 13.4. The third-order valence-electron chi connectivity index (χ3n) is 2.08. The molecule has 0 aliphatic carbocycles. The van der Waals surface area contributed by atoms with Crippen molar-refractivity contribution in [1.82, 2.24) is 0 Å². The molecule has 0 radical (unpaired) electrons. The van der Waals surface area contributed by atoms with Gasteiger partial charge in [-0.2, -0.15) is 5.26 Å². The molecule has 0 fully saturated rings. The summed E-state index contributed by atoms with van der Waals surface area (Å²) in [6.45, 7) is 1.38. The van der Waals surface area contributed by atoms with Crippen LogP contribution in [0.4, 0.5) is 10.1 Å². The van der Waals surface area contributed by atoms with E-state index in [1.807, 2.05) is 0 Å². The Balaban J connectivity index is 2.66. The Bertz CT molecular complexity index is 492. The summed E-state index contributed by atoms with van der Waals surface area (Å²) in [5.41, 5.74) is 0.196. The maximum absolute atomic E-state index is 13.4. The van der Waals surface area contributed by atoms with Crippen LogP contribution >= 0.6 is 0 Å². The van der Waals surface area contributed by atoms with Crippen molar-refractivity contribution in [2.45, 2.75) is 19.8 Å². The number of benzene rings is 1. The third-order valence-corrected chi connectivity index (χ3v) is 2.08. The minimum Gasteiger partial charge on any atom is -0.324 e. The molecule has 0 bridgehead atoms. The van der Waals surface area contributed by atoms with Gasteiger partial charge in [0.1, 0.15) is 11.6 Å². The van der Waals surface area contributed by atoms with Gasteiger partial charge < -0.3 is 10.1 Å². The van der Waals surface area contributed by atoms with E-state index < -0.39 is 11.7 Å². The van der Waals surface area contributed by atoms with Gasteiger partial charge in [-0.15, -0.1) is 0 Å². The van der Waals surface area contributed by atoms with E-state index in [9.17, 15) is 14.0 Å². The zero-order valence-corrected chi connectivity index (χ0v) is 9.29. The first-order valence-electron chi connectivity index (χ1n) is 5.02. The fourth-order valence-corrected chi connectivity index (χ4v) is 1.19. The van der Waals surface area contributed by atoms with Gasteiger partial charge in [-0.05, 0) is 25.1 Å². The molecule has 4 nitrogen and oxygen atoms in total. The van der Waals surface area contributed by atoms with Gasteiger partial charge >= 0.3 is 0 Å². The second-order valence-corrected chi connectivity index (χ2v) is 3.56. The van der Waals surface area contributed by atoms with Gasteiger partial charge in [-0.3, -0.25) is 4.79 Å². The molecule has 1 N–H and O–H groups in total. The molecule has 1 aromatic carbocycles. The van der Waals surface area contributed by atoms with E-state index in [1.165, 1.54) is 19.1 Å². The molecule has 0 aliphatic heterocycles. The number of halogens is 1. The number of hydrogen-bond donors (Lipinski definition) is 1. The van der Waals surface area contributed by atoms with Crippen molar-refractivity contribution in [3.05, 3.63) is 29.6 Å². The van der Waals surface area contributed by atoms with Crippen molar-refractivity contribution in [3.63, 3.8) is 0 Å². The molecule has 0 saturated carbocycles. The van der Waals surface area contributed by atoms with Crippen LogP contribution in [-0.2, 0) is 9.59 Å². The predicted octanol–water partition coefficient (Wildman–Crippen LogP) is 2.01. The highest BCUT2D eigenvalue weighted by Gasteiger charge is 2.08. The number of carbonyl (C=O) groups is 2. The number of hydrogen-bond acceptors (Lipinski definition) is 3. The summed E-state index contributed by atoms with van der Waals surface area (Å²) in [6.07, 6.45) is 0.151. The monoisotopic (exact) mass is 234 g/mol. The van der Waals surface area contributed by atoms with Crippen LogP contribution in [-0.4, -0.2) is 11.7 Å². The highest BCUT2D eigenvalue weighted by atomic mass is 19.1.